The van der Waals surface area contributed by atoms with Gasteiger partial charge in [-0.15, -0.1) is 0 Å². The number of carboxylic acids is 1. The highest BCUT2D eigenvalue weighted by Crippen LogP contribution is 2.61. The van der Waals surface area contributed by atoms with E-state index in [-0.39, 0.29) is 5.41 Å². The van der Waals surface area contributed by atoms with Gasteiger partial charge in [0.05, 0.1) is 5.41 Å². The molecule has 2 nitrogen and oxygen atoms in total. The average Bonchev–Trinajstić information content (AvgIpc) is 2.86. The maximum atomic E-state index is 11.4. The predicted octanol–water partition coefficient (Wildman–Crippen LogP) is 3.85. The molecule has 92 valence electrons. The lowest BCUT2D eigenvalue weighted by Crippen LogP contribution is -2.29. The Morgan fingerprint density at radius 1 is 1.19 bits per heavy atom. The molecular formula is C14H24O2. The lowest BCUT2D eigenvalue weighted by molar-refractivity contribution is -0.149. The van der Waals surface area contributed by atoms with E-state index >= 15 is 0 Å². The Balaban J connectivity index is 1.74. The summed E-state index contributed by atoms with van der Waals surface area (Å²) < 4.78 is 0. The largest absolute Gasteiger partial charge is 0.481 e. The van der Waals surface area contributed by atoms with Crippen LogP contribution >= 0.6 is 0 Å². The predicted molar refractivity (Wildman–Crippen MR) is 64.3 cm³/mol. The molecule has 1 N–H and O–H groups in total. The number of hydrogen-bond donors (Lipinski definition) is 1. The van der Waals surface area contributed by atoms with E-state index in [1.54, 1.807) is 0 Å². The van der Waals surface area contributed by atoms with E-state index in [9.17, 15) is 9.90 Å². The van der Waals surface area contributed by atoms with E-state index in [1.165, 1.54) is 32.1 Å². The molecule has 2 aliphatic rings. The minimum absolute atomic E-state index is 0.320. The summed E-state index contributed by atoms with van der Waals surface area (Å²) in [6.45, 7) is 2.21. The standard InChI is InChI=1S/C14H24O2/c1-2-3-4-5-6-7-14(13(15)16)9-11-8-12(11)10-14/h11-12H,2-10H2,1H3,(H,15,16). The molecule has 2 atom stereocenters. The van der Waals surface area contributed by atoms with Gasteiger partial charge in [-0.2, -0.15) is 0 Å². The minimum atomic E-state index is -0.518. The Morgan fingerprint density at radius 3 is 2.38 bits per heavy atom. The van der Waals surface area contributed by atoms with Gasteiger partial charge in [0.25, 0.3) is 0 Å². The van der Waals surface area contributed by atoms with E-state index < -0.39 is 5.97 Å². The lowest BCUT2D eigenvalue weighted by atomic mass is 9.78. The molecule has 0 aromatic rings. The van der Waals surface area contributed by atoms with Crippen LogP contribution in [0.15, 0.2) is 0 Å². The van der Waals surface area contributed by atoms with E-state index in [2.05, 4.69) is 6.92 Å². The first kappa shape index (κ1) is 11.9. The Hall–Kier alpha value is -0.530. The fraction of sp³-hybridized carbons (Fsp3) is 0.929. The molecule has 0 aromatic heterocycles. The van der Waals surface area contributed by atoms with Crippen LogP contribution < -0.4 is 0 Å². The molecule has 0 aliphatic heterocycles. The van der Waals surface area contributed by atoms with Crippen LogP contribution in [0.3, 0.4) is 0 Å². The highest BCUT2D eigenvalue weighted by molar-refractivity contribution is 5.75. The van der Waals surface area contributed by atoms with Crippen LogP contribution in [0.25, 0.3) is 0 Å². The van der Waals surface area contributed by atoms with Crippen molar-refractivity contribution in [3.63, 3.8) is 0 Å². The van der Waals surface area contributed by atoms with Crippen LogP contribution in [0.1, 0.15) is 64.7 Å². The topological polar surface area (TPSA) is 37.3 Å². The molecule has 0 radical (unpaired) electrons. The van der Waals surface area contributed by atoms with Gasteiger partial charge in [-0.05, 0) is 37.5 Å². The molecule has 0 aromatic carbocycles. The Morgan fingerprint density at radius 2 is 1.81 bits per heavy atom. The molecule has 0 spiro atoms. The van der Waals surface area contributed by atoms with Crippen molar-refractivity contribution in [1.29, 1.82) is 0 Å². The average molecular weight is 224 g/mol. The summed E-state index contributed by atoms with van der Waals surface area (Å²) in [6, 6.07) is 0. The normalized spacial score (nSPS) is 36.1. The zero-order chi connectivity index (χ0) is 11.6. The van der Waals surface area contributed by atoms with Gasteiger partial charge >= 0.3 is 5.97 Å². The minimum Gasteiger partial charge on any atom is -0.481 e. The van der Waals surface area contributed by atoms with Crippen molar-refractivity contribution >= 4 is 5.97 Å². The molecule has 0 saturated heterocycles. The number of unbranched alkanes of at least 4 members (excludes halogenated alkanes) is 4. The van der Waals surface area contributed by atoms with Crippen molar-refractivity contribution in [3.05, 3.63) is 0 Å². The van der Waals surface area contributed by atoms with E-state index in [4.69, 9.17) is 0 Å². The Bertz CT molecular complexity index is 249. The van der Waals surface area contributed by atoms with Crippen LogP contribution in [0.4, 0.5) is 0 Å². The molecule has 16 heavy (non-hydrogen) atoms. The number of rotatable bonds is 7. The smallest absolute Gasteiger partial charge is 0.309 e. The molecule has 0 amide bonds. The van der Waals surface area contributed by atoms with Crippen molar-refractivity contribution in [2.75, 3.05) is 0 Å². The van der Waals surface area contributed by atoms with E-state index in [0.717, 1.165) is 37.5 Å². The van der Waals surface area contributed by atoms with Gasteiger partial charge in [-0.3, -0.25) is 4.79 Å². The third-order valence-electron chi connectivity index (χ3n) is 4.59. The number of fused-ring (bicyclic) bond motifs is 1. The van der Waals surface area contributed by atoms with Gasteiger partial charge in [-0.1, -0.05) is 39.0 Å². The molecule has 2 aliphatic carbocycles. The molecule has 2 fully saturated rings. The lowest BCUT2D eigenvalue weighted by Gasteiger charge is -2.25. The van der Waals surface area contributed by atoms with Crippen molar-refractivity contribution in [2.45, 2.75) is 64.7 Å². The third kappa shape index (κ3) is 2.41. The first-order valence-corrected chi connectivity index (χ1v) is 6.91. The summed E-state index contributed by atoms with van der Waals surface area (Å²) in [7, 11) is 0. The summed E-state index contributed by atoms with van der Waals surface area (Å²) in [6.07, 6.45) is 10.4. The zero-order valence-corrected chi connectivity index (χ0v) is 10.4. The highest BCUT2D eigenvalue weighted by atomic mass is 16.4. The molecule has 2 unspecified atom stereocenters. The highest BCUT2D eigenvalue weighted by Gasteiger charge is 2.56. The second-order valence-corrected chi connectivity index (χ2v) is 5.91. The second kappa shape index (κ2) is 4.77. The van der Waals surface area contributed by atoms with Gasteiger partial charge in [0.1, 0.15) is 0 Å². The first-order chi connectivity index (χ1) is 7.68. The van der Waals surface area contributed by atoms with Crippen molar-refractivity contribution < 1.29 is 9.90 Å². The zero-order valence-electron chi connectivity index (χ0n) is 10.4. The fourth-order valence-electron chi connectivity index (χ4n) is 3.45. The number of aliphatic carboxylic acids is 1. The first-order valence-electron chi connectivity index (χ1n) is 6.91. The summed E-state index contributed by atoms with van der Waals surface area (Å²) in [5, 5.41) is 9.40. The van der Waals surface area contributed by atoms with Gasteiger partial charge in [0.15, 0.2) is 0 Å². The van der Waals surface area contributed by atoms with Gasteiger partial charge in [0, 0.05) is 0 Å². The molecule has 2 heteroatoms. The molecule has 0 bridgehead atoms. The SMILES string of the molecule is CCCCCCCC1(C(=O)O)CC2CC2C1. The van der Waals surface area contributed by atoms with Gasteiger partial charge in [0.2, 0.25) is 0 Å². The third-order valence-corrected chi connectivity index (χ3v) is 4.59. The summed E-state index contributed by atoms with van der Waals surface area (Å²) in [5.41, 5.74) is -0.320. The number of carbonyl (C=O) groups is 1. The monoisotopic (exact) mass is 224 g/mol. The molecular weight excluding hydrogens is 200 g/mol. The summed E-state index contributed by atoms with van der Waals surface area (Å²) in [5.74, 6) is 1.02. The Labute approximate surface area is 98.4 Å². The van der Waals surface area contributed by atoms with Crippen molar-refractivity contribution in [2.24, 2.45) is 17.3 Å². The van der Waals surface area contributed by atoms with Crippen molar-refractivity contribution in [3.8, 4) is 0 Å². The van der Waals surface area contributed by atoms with Crippen LogP contribution in [0.5, 0.6) is 0 Å². The van der Waals surface area contributed by atoms with E-state index in [1.807, 2.05) is 0 Å². The number of carboxylic acid groups (broad SMARTS) is 1. The Kier molecular flexibility index (Phi) is 3.56. The van der Waals surface area contributed by atoms with Crippen LogP contribution in [0.2, 0.25) is 0 Å². The van der Waals surface area contributed by atoms with Crippen molar-refractivity contribution in [1.82, 2.24) is 0 Å². The maximum Gasteiger partial charge on any atom is 0.309 e. The summed E-state index contributed by atoms with van der Waals surface area (Å²) >= 11 is 0. The maximum absolute atomic E-state index is 11.4. The second-order valence-electron chi connectivity index (χ2n) is 5.91. The molecule has 0 heterocycles. The summed E-state index contributed by atoms with van der Waals surface area (Å²) in [4.78, 5) is 11.4. The van der Waals surface area contributed by atoms with Crippen LogP contribution in [-0.4, -0.2) is 11.1 Å². The van der Waals surface area contributed by atoms with Crippen LogP contribution in [-0.2, 0) is 4.79 Å². The fourth-order valence-corrected chi connectivity index (χ4v) is 3.45. The van der Waals surface area contributed by atoms with Gasteiger partial charge in [-0.25, -0.2) is 0 Å². The molecule has 2 rings (SSSR count). The molecule has 2 saturated carbocycles. The van der Waals surface area contributed by atoms with E-state index in [0.29, 0.717) is 0 Å². The van der Waals surface area contributed by atoms with Gasteiger partial charge < -0.3 is 5.11 Å². The van der Waals surface area contributed by atoms with Crippen LogP contribution in [0, 0.1) is 17.3 Å². The quantitative estimate of drug-likeness (QED) is 0.667. The number of hydrogen-bond acceptors (Lipinski definition) is 1.